The van der Waals surface area contributed by atoms with Crippen LogP contribution in [0.4, 0.5) is 0 Å². The van der Waals surface area contributed by atoms with E-state index in [4.69, 9.17) is 20.8 Å². The maximum Gasteiger partial charge on any atom is 0.277 e. The van der Waals surface area contributed by atoms with E-state index in [0.29, 0.717) is 22.7 Å². The zero-order chi connectivity index (χ0) is 19.5. The zero-order valence-corrected chi connectivity index (χ0v) is 17.7. The molecule has 0 radical (unpaired) electrons. The van der Waals surface area contributed by atoms with Crippen LogP contribution in [0.5, 0.6) is 5.75 Å². The number of rotatable bonds is 5. The monoisotopic (exact) mass is 479 g/mol. The van der Waals surface area contributed by atoms with Crippen LogP contribution in [-0.4, -0.2) is 28.5 Å². The highest BCUT2D eigenvalue weighted by molar-refractivity contribution is 9.10. The van der Waals surface area contributed by atoms with Gasteiger partial charge >= 0.3 is 0 Å². The standard InChI is InChI=1S/C19H15BrClN3O3S/c20-12-3-6-16-14(9-12)15(7-8-26-16)22-17(25)10-28-19-24-23-18(27-19)11-1-4-13(21)5-2-11/h1-6,9,15H,7-8,10H2,(H,22,25). The molecule has 3 aromatic rings. The molecule has 1 amide bonds. The van der Waals surface area contributed by atoms with Crippen molar-refractivity contribution in [2.24, 2.45) is 0 Å². The number of hydrogen-bond donors (Lipinski definition) is 1. The van der Waals surface area contributed by atoms with E-state index in [9.17, 15) is 4.79 Å². The number of amides is 1. The van der Waals surface area contributed by atoms with Gasteiger partial charge < -0.3 is 14.5 Å². The predicted octanol–water partition coefficient (Wildman–Crippen LogP) is 4.88. The number of nitrogens with one attached hydrogen (secondary N) is 1. The maximum absolute atomic E-state index is 12.4. The molecule has 4 rings (SSSR count). The van der Waals surface area contributed by atoms with E-state index < -0.39 is 0 Å². The molecule has 1 aromatic heterocycles. The summed E-state index contributed by atoms with van der Waals surface area (Å²) in [4.78, 5) is 12.4. The Balaban J connectivity index is 1.36. The number of carbonyl (C=O) groups excluding carboxylic acids is 1. The molecule has 0 bridgehead atoms. The van der Waals surface area contributed by atoms with E-state index in [-0.39, 0.29) is 17.7 Å². The Hall–Kier alpha value is -2.03. The molecule has 0 saturated carbocycles. The highest BCUT2D eigenvalue weighted by Crippen LogP contribution is 2.34. The minimum Gasteiger partial charge on any atom is -0.493 e. The first kappa shape index (κ1) is 19.3. The molecule has 1 N–H and O–H groups in total. The molecule has 1 aliphatic heterocycles. The second-order valence-corrected chi connectivity index (χ2v) is 8.39. The molecular formula is C19H15BrClN3O3S. The van der Waals surface area contributed by atoms with Gasteiger partial charge in [-0.05, 0) is 42.5 Å². The van der Waals surface area contributed by atoms with E-state index in [1.54, 1.807) is 24.3 Å². The molecule has 6 nitrogen and oxygen atoms in total. The van der Waals surface area contributed by atoms with Gasteiger partial charge in [0.1, 0.15) is 5.75 Å². The summed E-state index contributed by atoms with van der Waals surface area (Å²) in [6.07, 6.45) is 0.723. The first-order valence-corrected chi connectivity index (χ1v) is 10.7. The average Bonchev–Trinajstić information content (AvgIpc) is 3.16. The van der Waals surface area contributed by atoms with Crippen molar-refractivity contribution in [2.75, 3.05) is 12.4 Å². The summed E-state index contributed by atoms with van der Waals surface area (Å²) in [6, 6.07) is 12.8. The van der Waals surface area contributed by atoms with Crippen LogP contribution in [0.25, 0.3) is 11.5 Å². The van der Waals surface area contributed by atoms with Gasteiger partial charge in [-0.2, -0.15) is 0 Å². The number of hydrogen-bond acceptors (Lipinski definition) is 6. The van der Waals surface area contributed by atoms with Gasteiger partial charge in [-0.25, -0.2) is 0 Å². The van der Waals surface area contributed by atoms with Crippen LogP contribution in [0, 0.1) is 0 Å². The molecule has 0 saturated heterocycles. The van der Waals surface area contributed by atoms with Gasteiger partial charge in [0.25, 0.3) is 5.22 Å². The lowest BCUT2D eigenvalue weighted by atomic mass is 10.0. The number of aromatic nitrogens is 2. The fourth-order valence-electron chi connectivity index (χ4n) is 2.86. The number of fused-ring (bicyclic) bond motifs is 1. The largest absolute Gasteiger partial charge is 0.493 e. The van der Waals surface area contributed by atoms with Crippen LogP contribution in [-0.2, 0) is 4.79 Å². The van der Waals surface area contributed by atoms with E-state index in [0.717, 1.165) is 27.8 Å². The van der Waals surface area contributed by atoms with Gasteiger partial charge in [-0.3, -0.25) is 4.79 Å². The summed E-state index contributed by atoms with van der Waals surface area (Å²) in [5.74, 6) is 1.27. The lowest BCUT2D eigenvalue weighted by molar-refractivity contribution is -0.119. The molecule has 144 valence electrons. The van der Waals surface area contributed by atoms with Crippen molar-refractivity contribution < 1.29 is 13.9 Å². The lowest BCUT2D eigenvalue weighted by Gasteiger charge is -2.26. The summed E-state index contributed by atoms with van der Waals surface area (Å²) >= 11 is 10.5. The fraction of sp³-hybridized carbons (Fsp3) is 0.211. The van der Waals surface area contributed by atoms with Gasteiger partial charge in [0.05, 0.1) is 18.4 Å². The van der Waals surface area contributed by atoms with Crippen LogP contribution in [0.1, 0.15) is 18.0 Å². The second-order valence-electron chi connectivity index (χ2n) is 6.11. The Bertz CT molecular complexity index is 996. The summed E-state index contributed by atoms with van der Waals surface area (Å²) in [5.41, 5.74) is 1.75. The van der Waals surface area contributed by atoms with Crippen molar-refractivity contribution >= 4 is 45.2 Å². The Morgan fingerprint density at radius 2 is 2.07 bits per heavy atom. The summed E-state index contributed by atoms with van der Waals surface area (Å²) in [6.45, 7) is 0.570. The van der Waals surface area contributed by atoms with Crippen molar-refractivity contribution in [1.29, 1.82) is 0 Å². The van der Waals surface area contributed by atoms with Crippen molar-refractivity contribution in [3.63, 3.8) is 0 Å². The molecule has 2 heterocycles. The normalized spacial score (nSPS) is 15.6. The molecule has 2 aromatic carbocycles. The van der Waals surface area contributed by atoms with Crippen molar-refractivity contribution in [1.82, 2.24) is 15.5 Å². The molecule has 1 aliphatic rings. The van der Waals surface area contributed by atoms with Crippen molar-refractivity contribution in [2.45, 2.75) is 17.7 Å². The lowest BCUT2D eigenvalue weighted by Crippen LogP contribution is -2.33. The van der Waals surface area contributed by atoms with Gasteiger partial charge in [0, 0.05) is 27.0 Å². The van der Waals surface area contributed by atoms with Crippen LogP contribution in [0.15, 0.2) is 56.6 Å². The molecular weight excluding hydrogens is 466 g/mol. The third kappa shape index (κ3) is 4.51. The van der Waals surface area contributed by atoms with E-state index in [1.807, 2.05) is 18.2 Å². The summed E-state index contributed by atoms with van der Waals surface area (Å²) < 4.78 is 12.2. The summed E-state index contributed by atoms with van der Waals surface area (Å²) in [5, 5.41) is 12.0. The van der Waals surface area contributed by atoms with Crippen LogP contribution >= 0.6 is 39.3 Å². The van der Waals surface area contributed by atoms with Crippen LogP contribution < -0.4 is 10.1 Å². The minimum atomic E-state index is -0.103. The van der Waals surface area contributed by atoms with E-state index in [1.165, 1.54) is 11.8 Å². The van der Waals surface area contributed by atoms with Gasteiger partial charge in [-0.1, -0.05) is 39.3 Å². The van der Waals surface area contributed by atoms with Crippen molar-refractivity contribution in [3.05, 3.63) is 57.5 Å². The zero-order valence-electron chi connectivity index (χ0n) is 14.5. The molecule has 9 heteroatoms. The SMILES string of the molecule is O=C(CSc1nnc(-c2ccc(Cl)cc2)o1)NC1CCOc2ccc(Br)cc21. The minimum absolute atomic E-state index is 0.0818. The topological polar surface area (TPSA) is 77.2 Å². The Morgan fingerprint density at radius 1 is 1.25 bits per heavy atom. The van der Waals surface area contributed by atoms with Crippen LogP contribution in [0.3, 0.4) is 0 Å². The highest BCUT2D eigenvalue weighted by Gasteiger charge is 2.23. The molecule has 28 heavy (non-hydrogen) atoms. The van der Waals surface area contributed by atoms with Crippen molar-refractivity contribution in [3.8, 4) is 17.2 Å². The maximum atomic E-state index is 12.4. The number of carbonyl (C=O) groups is 1. The Labute approximate surface area is 179 Å². The van der Waals surface area contributed by atoms with Gasteiger partial charge in [0.15, 0.2) is 0 Å². The average molecular weight is 481 g/mol. The fourth-order valence-corrected chi connectivity index (χ4v) is 3.93. The molecule has 0 fully saturated rings. The Kier molecular flexibility index (Phi) is 5.89. The number of benzene rings is 2. The number of nitrogens with zero attached hydrogens (tertiary/aromatic N) is 2. The van der Waals surface area contributed by atoms with Crippen LogP contribution in [0.2, 0.25) is 5.02 Å². The van der Waals surface area contributed by atoms with Gasteiger partial charge in [0.2, 0.25) is 11.8 Å². The third-order valence-corrected chi connectivity index (χ3v) is 5.73. The molecule has 0 aliphatic carbocycles. The van der Waals surface area contributed by atoms with E-state index >= 15 is 0 Å². The second kappa shape index (κ2) is 8.55. The Morgan fingerprint density at radius 3 is 2.89 bits per heavy atom. The highest BCUT2D eigenvalue weighted by atomic mass is 79.9. The number of ether oxygens (including phenoxy) is 1. The quantitative estimate of drug-likeness (QED) is 0.524. The predicted molar refractivity (Wildman–Crippen MR) is 111 cm³/mol. The molecule has 1 unspecified atom stereocenters. The summed E-state index contributed by atoms with van der Waals surface area (Å²) in [7, 11) is 0. The van der Waals surface area contributed by atoms with Gasteiger partial charge in [-0.15, -0.1) is 10.2 Å². The van der Waals surface area contributed by atoms with E-state index in [2.05, 4.69) is 31.4 Å². The first-order chi connectivity index (χ1) is 13.6. The molecule has 1 atom stereocenters. The smallest absolute Gasteiger partial charge is 0.277 e. The number of thioether (sulfide) groups is 1. The molecule has 0 spiro atoms. The third-order valence-electron chi connectivity index (χ3n) is 4.17. The first-order valence-electron chi connectivity index (χ1n) is 8.52. The number of halogens is 2.